The van der Waals surface area contributed by atoms with E-state index >= 15 is 0 Å². The average molecular weight is 218 g/mol. The van der Waals surface area contributed by atoms with Gasteiger partial charge in [-0.3, -0.25) is 0 Å². The molecule has 1 unspecified atom stereocenters. The van der Waals surface area contributed by atoms with Crippen molar-refractivity contribution < 1.29 is 0 Å². The number of hydrogen-bond donors (Lipinski definition) is 0. The third-order valence-electron chi connectivity index (χ3n) is 3.96. The molecule has 3 rings (SSSR count). The van der Waals surface area contributed by atoms with Crippen molar-refractivity contribution in [2.45, 2.75) is 43.8 Å². The van der Waals surface area contributed by atoms with E-state index in [1.165, 1.54) is 37.9 Å². The second-order valence-corrected chi connectivity index (χ2v) is 6.62. The molecule has 80 valence electrons. The number of hydrogen-bond acceptors (Lipinski definition) is 1. The molecule has 0 amide bonds. The van der Waals surface area contributed by atoms with Crippen LogP contribution in [0.3, 0.4) is 0 Å². The highest BCUT2D eigenvalue weighted by Gasteiger charge is 2.34. The second kappa shape index (κ2) is 3.55. The monoisotopic (exact) mass is 218 g/mol. The fourth-order valence-electron chi connectivity index (χ4n) is 2.70. The molecular weight excluding hydrogens is 200 g/mol. The third kappa shape index (κ3) is 1.61. The van der Waals surface area contributed by atoms with E-state index in [-0.39, 0.29) is 0 Å². The summed E-state index contributed by atoms with van der Waals surface area (Å²) in [6, 6.07) is 7.24. The molecule has 0 N–H and O–H groups in total. The van der Waals surface area contributed by atoms with E-state index in [9.17, 15) is 0 Å². The van der Waals surface area contributed by atoms with E-state index in [2.05, 4.69) is 36.9 Å². The van der Waals surface area contributed by atoms with Gasteiger partial charge in [-0.1, -0.05) is 18.2 Å². The van der Waals surface area contributed by atoms with E-state index in [0.717, 1.165) is 0 Å². The molecule has 0 aromatic heterocycles. The summed E-state index contributed by atoms with van der Waals surface area (Å²) in [6.45, 7) is 2.39. The van der Waals surface area contributed by atoms with Crippen molar-refractivity contribution in [1.29, 1.82) is 0 Å². The third-order valence-corrected chi connectivity index (χ3v) is 5.44. The normalized spacial score (nSPS) is 29.4. The molecule has 1 saturated heterocycles. The van der Waals surface area contributed by atoms with Crippen molar-refractivity contribution in [2.75, 3.05) is 5.75 Å². The fraction of sp³-hybridized carbons (Fsp3) is 0.571. The maximum Gasteiger partial charge on any atom is 0.0388 e. The Bertz CT molecular complexity index is 377. The fourth-order valence-corrected chi connectivity index (χ4v) is 3.81. The first-order valence-corrected chi connectivity index (χ1v) is 7.03. The summed E-state index contributed by atoms with van der Waals surface area (Å²) in [6.07, 6.45) is 6.75. The van der Waals surface area contributed by atoms with Gasteiger partial charge in [-0.15, -0.1) is 0 Å². The maximum atomic E-state index is 2.49. The summed E-state index contributed by atoms with van der Waals surface area (Å²) in [5.41, 5.74) is 4.81. The summed E-state index contributed by atoms with van der Waals surface area (Å²) < 4.78 is 0.437. The topological polar surface area (TPSA) is 0 Å². The van der Waals surface area contributed by atoms with Gasteiger partial charge in [0.15, 0.2) is 0 Å². The number of thioether (sulfide) groups is 1. The molecule has 1 atom stereocenters. The molecule has 2 aliphatic rings. The Morgan fingerprint density at radius 1 is 1.13 bits per heavy atom. The molecule has 1 aromatic carbocycles. The van der Waals surface area contributed by atoms with Crippen LogP contribution >= 0.6 is 11.8 Å². The quantitative estimate of drug-likeness (QED) is 0.688. The maximum absolute atomic E-state index is 2.49. The summed E-state index contributed by atoms with van der Waals surface area (Å²) in [5.74, 6) is 1.34. The number of rotatable bonds is 1. The SMILES string of the molecule is CC1(c2ccc3c(c2)CCCC3)CCS1. The molecule has 0 radical (unpaired) electrons. The average Bonchev–Trinajstić information content (AvgIpc) is 2.25. The molecule has 0 saturated carbocycles. The smallest absolute Gasteiger partial charge is 0.0388 e. The van der Waals surface area contributed by atoms with E-state index in [0.29, 0.717) is 4.75 Å². The summed E-state index contributed by atoms with van der Waals surface area (Å²) in [5, 5.41) is 0. The standard InChI is InChI=1S/C14H18S/c1-14(8-9-15-14)13-7-6-11-4-2-3-5-12(11)10-13/h6-7,10H,2-5,8-9H2,1H3. The lowest BCUT2D eigenvalue weighted by Crippen LogP contribution is -2.28. The number of benzene rings is 1. The van der Waals surface area contributed by atoms with Crippen LogP contribution in [0, 0.1) is 0 Å². The van der Waals surface area contributed by atoms with Crippen LogP contribution in [0.1, 0.15) is 42.9 Å². The van der Waals surface area contributed by atoms with E-state index in [1.807, 2.05) is 0 Å². The lowest BCUT2D eigenvalue weighted by atomic mass is 9.87. The van der Waals surface area contributed by atoms with E-state index < -0.39 is 0 Å². The highest BCUT2D eigenvalue weighted by Crippen LogP contribution is 2.49. The van der Waals surface area contributed by atoms with Crippen LogP contribution in [0.15, 0.2) is 18.2 Å². The number of aryl methyl sites for hydroxylation is 2. The molecule has 1 aromatic rings. The van der Waals surface area contributed by atoms with Crippen LogP contribution in [0.2, 0.25) is 0 Å². The molecule has 1 aliphatic heterocycles. The summed E-state index contributed by atoms with van der Waals surface area (Å²) in [7, 11) is 0. The largest absolute Gasteiger partial charge is 0.151 e. The first kappa shape index (κ1) is 9.77. The van der Waals surface area contributed by atoms with Crippen LogP contribution < -0.4 is 0 Å². The van der Waals surface area contributed by atoms with Crippen molar-refractivity contribution in [2.24, 2.45) is 0 Å². The zero-order valence-corrected chi connectivity index (χ0v) is 10.2. The van der Waals surface area contributed by atoms with Gasteiger partial charge in [0.1, 0.15) is 0 Å². The lowest BCUT2D eigenvalue weighted by Gasteiger charge is -2.38. The minimum Gasteiger partial charge on any atom is -0.151 e. The minimum absolute atomic E-state index is 0.437. The van der Waals surface area contributed by atoms with Gasteiger partial charge in [0.05, 0.1) is 0 Å². The van der Waals surface area contributed by atoms with Crippen LogP contribution in [-0.4, -0.2) is 5.75 Å². The highest BCUT2D eigenvalue weighted by molar-refractivity contribution is 8.01. The molecular formula is C14H18S. The Kier molecular flexibility index (Phi) is 2.31. The van der Waals surface area contributed by atoms with Crippen molar-refractivity contribution in [1.82, 2.24) is 0 Å². The van der Waals surface area contributed by atoms with Crippen molar-refractivity contribution in [3.63, 3.8) is 0 Å². The van der Waals surface area contributed by atoms with Crippen LogP contribution in [0.25, 0.3) is 0 Å². The van der Waals surface area contributed by atoms with Gasteiger partial charge in [-0.05, 0) is 61.5 Å². The van der Waals surface area contributed by atoms with Gasteiger partial charge in [0.2, 0.25) is 0 Å². The molecule has 15 heavy (non-hydrogen) atoms. The van der Waals surface area contributed by atoms with Gasteiger partial charge in [-0.2, -0.15) is 11.8 Å². The van der Waals surface area contributed by atoms with Crippen LogP contribution in [0.4, 0.5) is 0 Å². The molecule has 1 heterocycles. The van der Waals surface area contributed by atoms with Crippen molar-refractivity contribution in [3.05, 3.63) is 34.9 Å². The zero-order chi connectivity index (χ0) is 10.3. The van der Waals surface area contributed by atoms with E-state index in [1.54, 1.807) is 16.7 Å². The van der Waals surface area contributed by atoms with Gasteiger partial charge >= 0.3 is 0 Å². The van der Waals surface area contributed by atoms with Gasteiger partial charge in [0.25, 0.3) is 0 Å². The second-order valence-electron chi connectivity index (χ2n) is 5.02. The molecule has 0 bridgehead atoms. The summed E-state index contributed by atoms with van der Waals surface area (Å²) >= 11 is 2.11. The first-order chi connectivity index (χ1) is 7.28. The van der Waals surface area contributed by atoms with Gasteiger partial charge in [0, 0.05) is 4.75 Å². The molecule has 1 aliphatic carbocycles. The minimum atomic E-state index is 0.437. The van der Waals surface area contributed by atoms with Crippen LogP contribution in [-0.2, 0) is 17.6 Å². The predicted molar refractivity (Wildman–Crippen MR) is 67.5 cm³/mol. The van der Waals surface area contributed by atoms with Gasteiger partial charge in [-0.25, -0.2) is 0 Å². The Labute approximate surface area is 96.5 Å². The molecule has 0 spiro atoms. The zero-order valence-electron chi connectivity index (χ0n) is 9.38. The Balaban J connectivity index is 1.97. The Morgan fingerprint density at radius 3 is 2.53 bits per heavy atom. The molecule has 1 fully saturated rings. The van der Waals surface area contributed by atoms with Gasteiger partial charge < -0.3 is 0 Å². The molecule has 0 nitrogen and oxygen atoms in total. The molecule has 1 heteroatoms. The van der Waals surface area contributed by atoms with E-state index in [4.69, 9.17) is 0 Å². The summed E-state index contributed by atoms with van der Waals surface area (Å²) in [4.78, 5) is 0. The highest BCUT2D eigenvalue weighted by atomic mass is 32.2. The van der Waals surface area contributed by atoms with Crippen LogP contribution in [0.5, 0.6) is 0 Å². The predicted octanol–water partition coefficient (Wildman–Crippen LogP) is 3.92. The van der Waals surface area contributed by atoms with Crippen molar-refractivity contribution >= 4 is 11.8 Å². The Hall–Kier alpha value is -0.430. The lowest BCUT2D eigenvalue weighted by molar-refractivity contribution is 0.619. The van der Waals surface area contributed by atoms with Crippen molar-refractivity contribution in [3.8, 4) is 0 Å². The number of fused-ring (bicyclic) bond motifs is 1. The first-order valence-electron chi connectivity index (χ1n) is 6.04. The Morgan fingerprint density at radius 2 is 1.87 bits per heavy atom.